The van der Waals surface area contributed by atoms with Crippen LogP contribution in [0, 0.1) is 0 Å². The molecule has 3 heterocycles. The Morgan fingerprint density at radius 2 is 1.88 bits per heavy atom. The number of pyridine rings is 1. The summed E-state index contributed by atoms with van der Waals surface area (Å²) in [6.45, 7) is 13.2. The molecule has 220 valence electrons. The molecular formula is C31H40ClN5O4. The van der Waals surface area contributed by atoms with Crippen molar-refractivity contribution in [3.8, 4) is 22.6 Å². The number of benzene rings is 1. The van der Waals surface area contributed by atoms with Gasteiger partial charge < -0.3 is 24.3 Å². The smallest absolute Gasteiger partial charge is 0.407 e. The molecule has 1 saturated heterocycles. The van der Waals surface area contributed by atoms with Gasteiger partial charge in [0.2, 0.25) is 0 Å². The van der Waals surface area contributed by atoms with Gasteiger partial charge in [-0.05, 0) is 57.9 Å². The first-order valence-electron chi connectivity index (χ1n) is 13.9. The second kappa shape index (κ2) is 12.2. The zero-order valence-electron chi connectivity index (χ0n) is 25.0. The fourth-order valence-corrected chi connectivity index (χ4v) is 5.06. The molecule has 1 unspecified atom stereocenters. The van der Waals surface area contributed by atoms with E-state index in [1.54, 1.807) is 30.3 Å². The van der Waals surface area contributed by atoms with E-state index >= 15 is 0 Å². The molecule has 3 aromatic rings. The number of carbonyl (C=O) groups excluding carboxylic acids is 2. The van der Waals surface area contributed by atoms with Gasteiger partial charge in [0.25, 0.3) is 5.91 Å². The van der Waals surface area contributed by atoms with Crippen LogP contribution in [0.15, 0.2) is 42.7 Å². The van der Waals surface area contributed by atoms with Gasteiger partial charge in [0.1, 0.15) is 18.2 Å². The lowest BCUT2D eigenvalue weighted by Crippen LogP contribution is -2.50. The van der Waals surface area contributed by atoms with Gasteiger partial charge in [-0.3, -0.25) is 9.78 Å². The molecule has 1 aromatic carbocycles. The number of methoxy groups -OCH3 is 1. The zero-order chi connectivity index (χ0) is 29.9. The van der Waals surface area contributed by atoms with Crippen LogP contribution in [0.5, 0.6) is 0 Å². The largest absolute Gasteiger partial charge is 0.444 e. The Balaban J connectivity index is 1.54. The maximum Gasteiger partial charge on any atom is 0.407 e. The molecule has 9 nitrogen and oxygen atoms in total. The summed E-state index contributed by atoms with van der Waals surface area (Å²) in [4.78, 5) is 36.8. The van der Waals surface area contributed by atoms with Gasteiger partial charge in [-0.15, -0.1) is 0 Å². The molecule has 1 N–H and O–H groups in total. The highest BCUT2D eigenvalue weighted by Gasteiger charge is 2.28. The molecule has 0 radical (unpaired) electrons. The predicted molar refractivity (Wildman–Crippen MR) is 160 cm³/mol. The molecule has 41 heavy (non-hydrogen) atoms. The van der Waals surface area contributed by atoms with E-state index in [1.165, 1.54) is 0 Å². The van der Waals surface area contributed by atoms with E-state index < -0.39 is 11.7 Å². The molecule has 1 aliphatic heterocycles. The number of alkyl carbamates (subject to hydrolysis) is 1. The van der Waals surface area contributed by atoms with E-state index in [9.17, 15) is 9.59 Å². The number of carbonyl (C=O) groups is 2. The summed E-state index contributed by atoms with van der Waals surface area (Å²) in [5, 5.41) is 3.32. The first kappa shape index (κ1) is 30.5. The van der Waals surface area contributed by atoms with Crippen LogP contribution in [-0.2, 0) is 21.6 Å². The first-order valence-corrected chi connectivity index (χ1v) is 14.2. The van der Waals surface area contributed by atoms with Gasteiger partial charge in [0.05, 0.1) is 10.7 Å². The molecule has 0 saturated carbocycles. The van der Waals surface area contributed by atoms with Crippen LogP contribution in [0.2, 0.25) is 5.02 Å². The van der Waals surface area contributed by atoms with E-state index in [0.717, 1.165) is 29.9 Å². The van der Waals surface area contributed by atoms with Gasteiger partial charge in [-0.1, -0.05) is 38.4 Å². The van der Waals surface area contributed by atoms with E-state index in [2.05, 4.69) is 31.1 Å². The normalized spacial score (nSPS) is 16.0. The van der Waals surface area contributed by atoms with Crippen molar-refractivity contribution in [3.63, 3.8) is 0 Å². The van der Waals surface area contributed by atoms with E-state index in [0.29, 0.717) is 41.7 Å². The summed E-state index contributed by atoms with van der Waals surface area (Å²) < 4.78 is 12.7. The van der Waals surface area contributed by atoms with Crippen molar-refractivity contribution >= 4 is 23.6 Å². The molecule has 1 atom stereocenters. The quantitative estimate of drug-likeness (QED) is 0.367. The van der Waals surface area contributed by atoms with Gasteiger partial charge in [-0.2, -0.15) is 0 Å². The molecule has 10 heteroatoms. The number of amides is 2. The average molecular weight is 582 g/mol. The van der Waals surface area contributed by atoms with Crippen LogP contribution in [0.4, 0.5) is 4.79 Å². The second-order valence-electron chi connectivity index (χ2n) is 12.4. The number of imidazole rings is 1. The molecule has 1 fully saturated rings. The van der Waals surface area contributed by atoms with Crippen LogP contribution in [-0.4, -0.2) is 63.3 Å². The highest BCUT2D eigenvalue weighted by molar-refractivity contribution is 6.33. The maximum atomic E-state index is 13.4. The second-order valence-corrected chi connectivity index (χ2v) is 12.9. The topological polar surface area (TPSA) is 98.6 Å². The monoisotopic (exact) mass is 581 g/mol. The molecule has 0 aliphatic carbocycles. The number of rotatable bonds is 6. The van der Waals surface area contributed by atoms with E-state index in [1.807, 2.05) is 49.7 Å². The SMILES string of the molecule is COCn1cc(-c2ccc(C(=O)N3CCCC(NC(=O)OC(C)(C)C)C3)cc2Cl)nc1-c1ccnc(C(C)(C)C)c1. The fraction of sp³-hybridized carbons (Fsp3) is 0.484. The predicted octanol–water partition coefficient (Wildman–Crippen LogP) is 6.30. The molecule has 4 rings (SSSR count). The number of hydrogen-bond acceptors (Lipinski definition) is 6. The number of aromatic nitrogens is 3. The fourth-order valence-electron chi connectivity index (χ4n) is 4.79. The number of nitrogens with one attached hydrogen (secondary N) is 1. The van der Waals surface area contributed by atoms with Gasteiger partial charge >= 0.3 is 6.09 Å². The van der Waals surface area contributed by atoms with Gasteiger partial charge in [0, 0.05) is 66.4 Å². The first-order chi connectivity index (χ1) is 19.2. The number of halogens is 1. The Kier molecular flexibility index (Phi) is 9.09. The number of piperidine rings is 1. The van der Waals surface area contributed by atoms with Crippen molar-refractivity contribution in [3.05, 3.63) is 59.0 Å². The Labute approximate surface area is 247 Å². The maximum absolute atomic E-state index is 13.4. The van der Waals surface area contributed by atoms with Crippen LogP contribution < -0.4 is 5.32 Å². The lowest BCUT2D eigenvalue weighted by Gasteiger charge is -2.33. The minimum Gasteiger partial charge on any atom is -0.444 e. The van der Waals surface area contributed by atoms with E-state index in [-0.39, 0.29) is 17.4 Å². The van der Waals surface area contributed by atoms with Crippen LogP contribution in [0.1, 0.15) is 70.4 Å². The minimum absolute atomic E-state index is 0.108. The van der Waals surface area contributed by atoms with Crippen LogP contribution in [0.3, 0.4) is 0 Å². The molecule has 1 aliphatic rings. The van der Waals surface area contributed by atoms with Crippen molar-refractivity contribution < 1.29 is 19.1 Å². The number of ether oxygens (including phenoxy) is 2. The zero-order valence-corrected chi connectivity index (χ0v) is 25.7. The molecular weight excluding hydrogens is 542 g/mol. The van der Waals surface area contributed by atoms with Crippen LogP contribution >= 0.6 is 11.6 Å². The highest BCUT2D eigenvalue weighted by Crippen LogP contribution is 2.32. The average Bonchev–Trinajstić information content (AvgIpc) is 3.30. The summed E-state index contributed by atoms with van der Waals surface area (Å²) >= 11 is 6.74. The summed E-state index contributed by atoms with van der Waals surface area (Å²) in [7, 11) is 1.64. The Bertz CT molecular complexity index is 1410. The van der Waals surface area contributed by atoms with Crippen molar-refractivity contribution in [1.82, 2.24) is 24.8 Å². The molecule has 0 bridgehead atoms. The molecule has 2 aromatic heterocycles. The minimum atomic E-state index is -0.583. The van der Waals surface area contributed by atoms with Gasteiger partial charge in [-0.25, -0.2) is 9.78 Å². The van der Waals surface area contributed by atoms with Crippen molar-refractivity contribution in [2.24, 2.45) is 0 Å². The van der Waals surface area contributed by atoms with Crippen molar-refractivity contribution in [1.29, 1.82) is 0 Å². The van der Waals surface area contributed by atoms with Crippen molar-refractivity contribution in [2.75, 3.05) is 20.2 Å². The summed E-state index contributed by atoms with van der Waals surface area (Å²) in [6.07, 6.45) is 4.78. The lowest BCUT2D eigenvalue weighted by atomic mass is 9.91. The summed E-state index contributed by atoms with van der Waals surface area (Å²) in [5.74, 6) is 0.606. The molecule has 2 amide bonds. The van der Waals surface area contributed by atoms with Crippen LogP contribution in [0.25, 0.3) is 22.6 Å². The van der Waals surface area contributed by atoms with Crippen molar-refractivity contribution in [2.45, 2.75) is 78.2 Å². The number of nitrogens with zero attached hydrogens (tertiary/aromatic N) is 4. The molecule has 0 spiro atoms. The van der Waals surface area contributed by atoms with Gasteiger partial charge in [0.15, 0.2) is 0 Å². The lowest BCUT2D eigenvalue weighted by molar-refractivity contribution is 0.0452. The third-order valence-corrected chi connectivity index (χ3v) is 7.07. The van der Waals surface area contributed by atoms with E-state index in [4.69, 9.17) is 26.1 Å². The number of likely N-dealkylation sites (tertiary alicyclic amines) is 1. The summed E-state index contributed by atoms with van der Waals surface area (Å²) in [5.41, 5.74) is 3.07. The third-order valence-electron chi connectivity index (χ3n) is 6.75. The summed E-state index contributed by atoms with van der Waals surface area (Å²) in [6, 6.07) is 9.09. The standard InChI is InChI=1S/C31H40ClN5O4/c1-30(2,3)26-16-20(12-13-33-26)27-35-25(18-37(27)19-40-7)23-11-10-21(15-24(23)32)28(38)36-14-8-9-22(17-36)34-29(39)41-31(4,5)6/h10-13,15-16,18,22H,8-9,14,17,19H2,1-7H3,(H,34,39). The third kappa shape index (κ3) is 7.65. The Morgan fingerprint density at radius 1 is 1.12 bits per heavy atom. The Hall–Kier alpha value is -3.43. The number of hydrogen-bond donors (Lipinski definition) is 1. The highest BCUT2D eigenvalue weighted by atomic mass is 35.5. The Morgan fingerprint density at radius 3 is 2.54 bits per heavy atom.